The number of carbonyl (C=O) groups is 1. The Labute approximate surface area is 176 Å². The number of amides is 1. The van der Waals surface area contributed by atoms with Gasteiger partial charge in [-0.25, -0.2) is 0 Å². The lowest BCUT2D eigenvalue weighted by Crippen LogP contribution is -2.11. The van der Waals surface area contributed by atoms with Gasteiger partial charge in [-0.1, -0.05) is 35.2 Å². The molecule has 3 rings (SSSR count). The Kier molecular flexibility index (Phi) is 6.79. The van der Waals surface area contributed by atoms with E-state index in [0.717, 1.165) is 5.56 Å². The van der Waals surface area contributed by atoms with Crippen LogP contribution in [0.4, 0.5) is 18.3 Å². The Balaban J connectivity index is 1.55. The third kappa shape index (κ3) is 6.49. The van der Waals surface area contributed by atoms with E-state index in [2.05, 4.69) is 21.6 Å². The number of anilines is 1. The fourth-order valence-corrected chi connectivity index (χ4v) is 4.36. The molecule has 0 unspecified atom stereocenters. The van der Waals surface area contributed by atoms with Crippen LogP contribution in [0.3, 0.4) is 0 Å². The van der Waals surface area contributed by atoms with Gasteiger partial charge in [0.2, 0.25) is 5.13 Å². The molecule has 1 aromatic heterocycles. The van der Waals surface area contributed by atoms with Gasteiger partial charge in [-0.2, -0.15) is 18.4 Å². The first-order valence-corrected chi connectivity index (χ1v) is 10.6. The summed E-state index contributed by atoms with van der Waals surface area (Å²) in [5.41, 5.74) is -2.54. The Morgan fingerprint density at radius 1 is 1.10 bits per heavy atom. The Morgan fingerprint density at radius 3 is 2.41 bits per heavy atom. The average molecular weight is 453 g/mol. The van der Waals surface area contributed by atoms with Crippen LogP contribution in [-0.2, 0) is 5.75 Å². The lowest BCUT2D eigenvalue weighted by molar-refractivity contribution is -0.0328. The maximum Gasteiger partial charge on any atom is 0.446 e. The zero-order chi connectivity index (χ0) is 20.9. The first kappa shape index (κ1) is 21.2. The van der Waals surface area contributed by atoms with E-state index < -0.39 is 11.4 Å². The molecule has 5 nitrogen and oxygen atoms in total. The van der Waals surface area contributed by atoms with Crippen LogP contribution in [0.5, 0.6) is 0 Å². The van der Waals surface area contributed by atoms with Crippen molar-refractivity contribution in [1.82, 2.24) is 10.2 Å². The zero-order valence-corrected chi connectivity index (χ0v) is 16.9. The van der Waals surface area contributed by atoms with Crippen molar-refractivity contribution in [2.75, 3.05) is 5.32 Å². The van der Waals surface area contributed by atoms with Gasteiger partial charge in [-0.15, -0.1) is 10.2 Å². The molecule has 0 fully saturated rings. The number of aromatic nitrogens is 2. The second-order valence-corrected chi connectivity index (χ2v) is 8.84. The maximum absolute atomic E-state index is 12.4. The molecule has 0 radical (unpaired) electrons. The van der Waals surface area contributed by atoms with Gasteiger partial charge >= 0.3 is 5.51 Å². The van der Waals surface area contributed by atoms with Crippen molar-refractivity contribution in [1.29, 1.82) is 5.26 Å². The molecule has 148 valence electrons. The highest BCUT2D eigenvalue weighted by molar-refractivity contribution is 8.00. The Morgan fingerprint density at radius 2 is 1.79 bits per heavy atom. The molecule has 0 atom stereocenters. The molecule has 0 aliphatic carbocycles. The van der Waals surface area contributed by atoms with Crippen LogP contribution < -0.4 is 5.32 Å². The third-order valence-electron chi connectivity index (χ3n) is 3.42. The minimum atomic E-state index is -4.37. The molecule has 0 aliphatic heterocycles. The SMILES string of the molecule is N#Cc1ccc(CSc2nnc(NC(=O)c3ccc(SC(F)(F)F)cc3)s2)cc1. The molecule has 0 saturated carbocycles. The first-order chi connectivity index (χ1) is 13.8. The molecule has 0 bridgehead atoms. The second kappa shape index (κ2) is 9.30. The van der Waals surface area contributed by atoms with E-state index in [0.29, 0.717) is 20.8 Å². The number of nitrogens with zero attached hydrogens (tertiary/aromatic N) is 3. The highest BCUT2D eigenvalue weighted by Gasteiger charge is 2.29. The van der Waals surface area contributed by atoms with Crippen LogP contribution in [0.2, 0.25) is 0 Å². The lowest BCUT2D eigenvalue weighted by Gasteiger charge is -2.06. The number of halogens is 3. The monoisotopic (exact) mass is 452 g/mol. The summed E-state index contributed by atoms with van der Waals surface area (Å²) >= 11 is 2.40. The van der Waals surface area contributed by atoms with Gasteiger partial charge in [0.15, 0.2) is 4.34 Å². The second-order valence-electron chi connectivity index (χ2n) is 5.50. The molecule has 0 spiro atoms. The van der Waals surface area contributed by atoms with Gasteiger partial charge in [0.05, 0.1) is 11.6 Å². The molecule has 3 aromatic rings. The van der Waals surface area contributed by atoms with Crippen molar-refractivity contribution < 1.29 is 18.0 Å². The summed E-state index contributed by atoms with van der Waals surface area (Å²) in [6.45, 7) is 0. The number of nitrogens with one attached hydrogen (secondary N) is 1. The number of thioether (sulfide) groups is 2. The Hall–Kier alpha value is -2.55. The predicted molar refractivity (Wildman–Crippen MR) is 107 cm³/mol. The summed E-state index contributed by atoms with van der Waals surface area (Å²) in [6, 6.07) is 14.4. The van der Waals surface area contributed by atoms with Crippen molar-refractivity contribution in [2.45, 2.75) is 20.5 Å². The summed E-state index contributed by atoms with van der Waals surface area (Å²) in [6.07, 6.45) is 0. The smallest absolute Gasteiger partial charge is 0.296 e. The van der Waals surface area contributed by atoms with E-state index in [9.17, 15) is 18.0 Å². The van der Waals surface area contributed by atoms with Gasteiger partial charge in [0.1, 0.15) is 0 Å². The largest absolute Gasteiger partial charge is 0.446 e. The van der Waals surface area contributed by atoms with Crippen LogP contribution in [0.15, 0.2) is 57.8 Å². The first-order valence-electron chi connectivity index (χ1n) is 7.95. The van der Waals surface area contributed by atoms with Crippen LogP contribution in [0.1, 0.15) is 21.5 Å². The van der Waals surface area contributed by atoms with Crippen molar-refractivity contribution in [3.8, 4) is 6.07 Å². The topological polar surface area (TPSA) is 78.7 Å². The summed E-state index contributed by atoms with van der Waals surface area (Å²) in [5.74, 6) is 0.153. The fourth-order valence-electron chi connectivity index (χ4n) is 2.12. The molecular formula is C18H11F3N4OS3. The zero-order valence-electron chi connectivity index (χ0n) is 14.4. The normalized spacial score (nSPS) is 11.1. The Bertz CT molecular complexity index is 1030. The lowest BCUT2D eigenvalue weighted by atomic mass is 10.2. The minimum absolute atomic E-state index is 0.00598. The summed E-state index contributed by atoms with van der Waals surface area (Å²) < 4.78 is 37.7. The molecule has 1 amide bonds. The number of benzene rings is 2. The third-order valence-corrected chi connectivity index (χ3v) is 6.20. The molecule has 11 heteroatoms. The quantitative estimate of drug-likeness (QED) is 0.389. The highest BCUT2D eigenvalue weighted by Crippen LogP contribution is 2.36. The van der Waals surface area contributed by atoms with E-state index in [1.54, 1.807) is 12.1 Å². The minimum Gasteiger partial charge on any atom is -0.296 e. The van der Waals surface area contributed by atoms with Crippen LogP contribution in [0, 0.1) is 11.3 Å². The molecule has 1 N–H and O–H groups in total. The van der Waals surface area contributed by atoms with Crippen molar-refractivity contribution in [3.63, 3.8) is 0 Å². The van der Waals surface area contributed by atoms with Crippen molar-refractivity contribution in [3.05, 3.63) is 65.2 Å². The van der Waals surface area contributed by atoms with Gasteiger partial charge in [-0.3, -0.25) is 10.1 Å². The van der Waals surface area contributed by atoms with Crippen molar-refractivity contribution >= 4 is 45.9 Å². The fraction of sp³-hybridized carbons (Fsp3) is 0.111. The predicted octanol–water partition coefficient (Wildman–Crippen LogP) is 5.57. The van der Waals surface area contributed by atoms with E-state index in [1.807, 2.05) is 12.1 Å². The average Bonchev–Trinajstić information content (AvgIpc) is 3.13. The number of hydrogen-bond donors (Lipinski definition) is 1. The van der Waals surface area contributed by atoms with Crippen LogP contribution in [0.25, 0.3) is 0 Å². The molecule has 29 heavy (non-hydrogen) atoms. The molecule has 2 aromatic carbocycles. The standard InChI is InChI=1S/C18H11F3N4OS3/c19-18(20,21)29-14-7-5-13(6-8-14)15(26)23-16-24-25-17(28-16)27-10-12-3-1-11(9-22)2-4-12/h1-8H,10H2,(H,23,24,26). The number of alkyl halides is 3. The number of carbonyl (C=O) groups excluding carboxylic acids is 1. The van der Waals surface area contributed by atoms with Gasteiger partial charge in [0.25, 0.3) is 5.91 Å². The van der Waals surface area contributed by atoms with E-state index in [-0.39, 0.29) is 22.2 Å². The molecule has 0 aliphatic rings. The van der Waals surface area contributed by atoms with E-state index >= 15 is 0 Å². The summed E-state index contributed by atoms with van der Waals surface area (Å²) in [4.78, 5) is 12.2. The molecule has 1 heterocycles. The van der Waals surface area contributed by atoms with Crippen molar-refractivity contribution in [2.24, 2.45) is 0 Å². The summed E-state index contributed by atoms with van der Waals surface area (Å²) in [5, 5.41) is 19.6. The number of nitriles is 1. The van der Waals surface area contributed by atoms with E-state index in [1.165, 1.54) is 47.4 Å². The van der Waals surface area contributed by atoms with Gasteiger partial charge in [-0.05, 0) is 53.7 Å². The highest BCUT2D eigenvalue weighted by atomic mass is 32.2. The van der Waals surface area contributed by atoms with Crippen LogP contribution in [-0.4, -0.2) is 21.6 Å². The van der Waals surface area contributed by atoms with Crippen LogP contribution >= 0.6 is 34.9 Å². The summed E-state index contributed by atoms with van der Waals surface area (Å²) in [7, 11) is 0. The maximum atomic E-state index is 12.4. The molecular weight excluding hydrogens is 441 g/mol. The molecule has 0 saturated heterocycles. The van der Waals surface area contributed by atoms with Gasteiger partial charge in [0, 0.05) is 16.2 Å². The van der Waals surface area contributed by atoms with E-state index in [4.69, 9.17) is 5.26 Å². The number of rotatable bonds is 6. The van der Waals surface area contributed by atoms with Gasteiger partial charge < -0.3 is 0 Å². The number of hydrogen-bond acceptors (Lipinski definition) is 7.